The number of amides is 2. The molecule has 0 radical (unpaired) electrons. The average molecular weight is 463 g/mol. The molecule has 3 atom stereocenters. The van der Waals surface area contributed by atoms with Crippen molar-refractivity contribution in [2.75, 3.05) is 19.7 Å². The number of carboxylic acids is 1. The molecule has 2 aromatic carbocycles. The second kappa shape index (κ2) is 8.78. The van der Waals surface area contributed by atoms with E-state index >= 15 is 0 Å². The third-order valence-electron chi connectivity index (χ3n) is 7.42. The van der Waals surface area contributed by atoms with Crippen LogP contribution in [0.2, 0.25) is 0 Å². The first-order valence-electron chi connectivity index (χ1n) is 12.0. The van der Waals surface area contributed by atoms with Crippen molar-refractivity contribution in [3.8, 4) is 11.1 Å². The fourth-order valence-electron chi connectivity index (χ4n) is 5.87. The van der Waals surface area contributed by atoms with E-state index in [9.17, 15) is 19.5 Å². The Morgan fingerprint density at radius 3 is 2.26 bits per heavy atom. The highest BCUT2D eigenvalue weighted by Gasteiger charge is 2.52. The first-order chi connectivity index (χ1) is 16.4. The Balaban J connectivity index is 1.29. The largest absolute Gasteiger partial charge is 0.480 e. The Hall–Kier alpha value is -3.35. The quantitative estimate of drug-likeness (QED) is 0.702. The molecule has 1 aliphatic carbocycles. The Labute approximate surface area is 199 Å². The lowest BCUT2D eigenvalue weighted by Crippen LogP contribution is -2.48. The van der Waals surface area contributed by atoms with E-state index in [1.807, 2.05) is 38.1 Å². The second-order valence-corrected chi connectivity index (χ2v) is 9.97. The van der Waals surface area contributed by atoms with Crippen molar-refractivity contribution in [1.82, 2.24) is 9.80 Å². The molecule has 0 aromatic heterocycles. The summed E-state index contributed by atoms with van der Waals surface area (Å²) in [6, 6.07) is 14.8. The predicted molar refractivity (Wildman–Crippen MR) is 126 cm³/mol. The lowest BCUT2D eigenvalue weighted by Gasteiger charge is -2.28. The SMILES string of the molecule is CC(C)C[C@H](C(=O)O)N1C[C@@H]2CCN(C(=O)OCC3c4ccccc4-c4ccccc43)[C@@H]2C1=O. The summed E-state index contributed by atoms with van der Waals surface area (Å²) in [4.78, 5) is 41.2. The molecule has 7 heteroatoms. The van der Waals surface area contributed by atoms with Crippen molar-refractivity contribution in [3.63, 3.8) is 0 Å². The molecule has 2 fully saturated rings. The summed E-state index contributed by atoms with van der Waals surface area (Å²) in [5, 5.41) is 9.71. The van der Waals surface area contributed by atoms with Crippen LogP contribution < -0.4 is 0 Å². The van der Waals surface area contributed by atoms with Crippen LogP contribution in [0, 0.1) is 11.8 Å². The molecule has 0 saturated carbocycles. The van der Waals surface area contributed by atoms with E-state index in [4.69, 9.17) is 4.74 Å². The molecular weight excluding hydrogens is 432 g/mol. The summed E-state index contributed by atoms with van der Waals surface area (Å²) in [5.74, 6) is -1.22. The van der Waals surface area contributed by atoms with Gasteiger partial charge >= 0.3 is 12.1 Å². The van der Waals surface area contributed by atoms with Crippen molar-refractivity contribution < 1.29 is 24.2 Å². The molecule has 178 valence electrons. The third kappa shape index (κ3) is 3.73. The van der Waals surface area contributed by atoms with E-state index in [2.05, 4.69) is 24.3 Å². The molecule has 2 saturated heterocycles. The van der Waals surface area contributed by atoms with Crippen molar-refractivity contribution in [2.24, 2.45) is 11.8 Å². The van der Waals surface area contributed by atoms with Gasteiger partial charge < -0.3 is 14.7 Å². The molecule has 0 bridgehead atoms. The Kier molecular flexibility index (Phi) is 5.80. The van der Waals surface area contributed by atoms with Crippen molar-refractivity contribution >= 4 is 18.0 Å². The van der Waals surface area contributed by atoms with E-state index in [1.165, 1.54) is 9.80 Å². The van der Waals surface area contributed by atoms with Gasteiger partial charge in [0.25, 0.3) is 0 Å². The molecule has 2 heterocycles. The van der Waals surface area contributed by atoms with Crippen LogP contribution in [-0.4, -0.2) is 64.7 Å². The first-order valence-corrected chi connectivity index (χ1v) is 12.0. The van der Waals surface area contributed by atoms with Gasteiger partial charge in [-0.3, -0.25) is 9.69 Å². The normalized spacial score (nSPS) is 22.0. The fourth-order valence-corrected chi connectivity index (χ4v) is 5.87. The lowest BCUT2D eigenvalue weighted by atomic mass is 9.98. The summed E-state index contributed by atoms with van der Waals surface area (Å²) in [6.45, 7) is 4.91. The number of rotatable bonds is 6. The van der Waals surface area contributed by atoms with Gasteiger partial charge in [0.15, 0.2) is 0 Å². The van der Waals surface area contributed by atoms with Crippen LogP contribution in [0.1, 0.15) is 43.7 Å². The average Bonchev–Trinajstić information content (AvgIpc) is 3.47. The Bertz CT molecular complexity index is 1080. The molecular formula is C27H30N2O5. The van der Waals surface area contributed by atoms with Gasteiger partial charge in [0.1, 0.15) is 18.7 Å². The Morgan fingerprint density at radius 2 is 1.68 bits per heavy atom. The number of likely N-dealkylation sites (tertiary alicyclic amines) is 2. The highest BCUT2D eigenvalue weighted by atomic mass is 16.6. The van der Waals surface area contributed by atoms with E-state index in [0.29, 0.717) is 25.9 Å². The molecule has 1 N–H and O–H groups in total. The number of aliphatic carboxylic acids is 1. The molecule has 2 aliphatic heterocycles. The molecule has 7 nitrogen and oxygen atoms in total. The van der Waals surface area contributed by atoms with Gasteiger partial charge in [0.2, 0.25) is 5.91 Å². The zero-order valence-corrected chi connectivity index (χ0v) is 19.5. The first kappa shape index (κ1) is 22.4. The highest BCUT2D eigenvalue weighted by Crippen LogP contribution is 2.44. The number of carbonyl (C=O) groups is 3. The smallest absolute Gasteiger partial charge is 0.410 e. The van der Waals surface area contributed by atoms with Crippen LogP contribution in [0.5, 0.6) is 0 Å². The molecule has 5 rings (SSSR count). The number of hydrogen-bond donors (Lipinski definition) is 1. The predicted octanol–water partition coefficient (Wildman–Crippen LogP) is 3.97. The molecule has 34 heavy (non-hydrogen) atoms. The zero-order chi connectivity index (χ0) is 24.0. The molecule has 3 aliphatic rings. The Morgan fingerprint density at radius 1 is 1.06 bits per heavy atom. The van der Waals surface area contributed by atoms with Gasteiger partial charge in [-0.15, -0.1) is 0 Å². The number of carboxylic acid groups (broad SMARTS) is 1. The minimum absolute atomic E-state index is 0.0482. The maximum Gasteiger partial charge on any atom is 0.410 e. The van der Waals surface area contributed by atoms with Gasteiger partial charge in [-0.05, 0) is 41.0 Å². The van der Waals surface area contributed by atoms with Crippen LogP contribution in [0.3, 0.4) is 0 Å². The standard InChI is InChI=1S/C27H30N2O5/c1-16(2)13-23(26(31)32)29-14-17-11-12-28(24(17)25(29)30)27(33)34-15-22-20-9-5-3-7-18(20)19-8-4-6-10-21(19)22/h3-10,16-17,22-24H,11-15H2,1-2H3,(H,31,32)/t17-,23+,24-/m0/s1. The van der Waals surface area contributed by atoms with E-state index in [1.54, 1.807) is 0 Å². The summed E-state index contributed by atoms with van der Waals surface area (Å²) < 4.78 is 5.79. The van der Waals surface area contributed by atoms with Crippen LogP contribution in [0.15, 0.2) is 48.5 Å². The second-order valence-electron chi connectivity index (χ2n) is 9.97. The lowest BCUT2D eigenvalue weighted by molar-refractivity contribution is -0.150. The minimum atomic E-state index is -0.991. The highest BCUT2D eigenvalue weighted by molar-refractivity contribution is 5.92. The number of hydrogen-bond acceptors (Lipinski definition) is 4. The van der Waals surface area contributed by atoms with E-state index in [-0.39, 0.29) is 30.3 Å². The maximum absolute atomic E-state index is 13.2. The van der Waals surface area contributed by atoms with Gasteiger partial charge in [-0.25, -0.2) is 9.59 Å². The summed E-state index contributed by atoms with van der Waals surface area (Å²) in [5.41, 5.74) is 4.59. The van der Waals surface area contributed by atoms with Crippen molar-refractivity contribution in [2.45, 2.75) is 44.7 Å². The van der Waals surface area contributed by atoms with Gasteiger partial charge in [0.05, 0.1) is 0 Å². The molecule has 0 unspecified atom stereocenters. The molecule has 2 aromatic rings. The van der Waals surface area contributed by atoms with E-state index in [0.717, 1.165) is 22.3 Å². The van der Waals surface area contributed by atoms with Crippen molar-refractivity contribution in [3.05, 3.63) is 59.7 Å². The van der Waals surface area contributed by atoms with Gasteiger partial charge in [-0.2, -0.15) is 0 Å². The summed E-state index contributed by atoms with van der Waals surface area (Å²) in [7, 11) is 0. The zero-order valence-electron chi connectivity index (χ0n) is 19.5. The number of nitrogens with zero attached hydrogens (tertiary/aromatic N) is 2. The third-order valence-corrected chi connectivity index (χ3v) is 7.42. The maximum atomic E-state index is 13.2. The van der Waals surface area contributed by atoms with Crippen LogP contribution in [0.4, 0.5) is 4.79 Å². The summed E-state index contributed by atoms with van der Waals surface area (Å²) in [6.07, 6.45) is 0.566. The van der Waals surface area contributed by atoms with Gasteiger partial charge in [-0.1, -0.05) is 62.4 Å². The molecule has 0 spiro atoms. The number of benzene rings is 2. The van der Waals surface area contributed by atoms with Crippen molar-refractivity contribution in [1.29, 1.82) is 0 Å². The fraction of sp³-hybridized carbons (Fsp3) is 0.444. The molecule has 2 amide bonds. The van der Waals surface area contributed by atoms with Gasteiger partial charge in [0, 0.05) is 24.9 Å². The number of ether oxygens (including phenoxy) is 1. The number of carbonyl (C=O) groups excluding carboxylic acids is 2. The van der Waals surface area contributed by atoms with E-state index < -0.39 is 24.1 Å². The monoisotopic (exact) mass is 462 g/mol. The summed E-state index contributed by atoms with van der Waals surface area (Å²) >= 11 is 0. The van der Waals surface area contributed by atoms with Crippen LogP contribution in [-0.2, 0) is 14.3 Å². The topological polar surface area (TPSA) is 87.2 Å². The van der Waals surface area contributed by atoms with Crippen LogP contribution in [0.25, 0.3) is 11.1 Å². The van der Waals surface area contributed by atoms with Crippen LogP contribution >= 0.6 is 0 Å². The minimum Gasteiger partial charge on any atom is -0.480 e. The number of fused-ring (bicyclic) bond motifs is 4.